The first-order valence-electron chi connectivity index (χ1n) is 8.08. The lowest BCUT2D eigenvalue weighted by atomic mass is 10.1. The Balaban J connectivity index is 0.000000345. The van der Waals surface area contributed by atoms with Crippen molar-refractivity contribution in [3.8, 4) is 6.07 Å². The van der Waals surface area contributed by atoms with Crippen molar-refractivity contribution in [3.05, 3.63) is 71.8 Å². The van der Waals surface area contributed by atoms with E-state index in [1.165, 1.54) is 0 Å². The quantitative estimate of drug-likeness (QED) is 0.632. The van der Waals surface area contributed by atoms with Crippen molar-refractivity contribution in [3.63, 3.8) is 0 Å². The van der Waals surface area contributed by atoms with E-state index in [1.54, 1.807) is 67.6 Å². The summed E-state index contributed by atoms with van der Waals surface area (Å²) in [4.78, 5) is 41.8. The second kappa shape index (κ2) is 11.8. The highest BCUT2D eigenvalue weighted by molar-refractivity contribution is 5.92. The van der Waals surface area contributed by atoms with Crippen LogP contribution in [-0.2, 0) is 14.6 Å². The van der Waals surface area contributed by atoms with Gasteiger partial charge >= 0.3 is 17.9 Å². The van der Waals surface area contributed by atoms with Gasteiger partial charge in [0.25, 0.3) is 0 Å². The van der Waals surface area contributed by atoms with Gasteiger partial charge < -0.3 is 5.11 Å². The average molecular weight is 369 g/mol. The summed E-state index contributed by atoms with van der Waals surface area (Å²) in [6.07, 6.45) is 0.542. The second-order valence-corrected chi connectivity index (χ2v) is 5.44. The zero-order chi connectivity index (χ0) is 20.1. The lowest BCUT2D eigenvalue weighted by Crippen LogP contribution is -2.11. The smallest absolute Gasteiger partial charge is 0.386 e. The van der Waals surface area contributed by atoms with Crippen LogP contribution in [0.2, 0.25) is 0 Å². The molecule has 27 heavy (non-hydrogen) atoms. The molecule has 0 aliphatic rings. The van der Waals surface area contributed by atoms with Crippen molar-refractivity contribution in [1.82, 2.24) is 0 Å². The number of carbonyl (C=O) groups is 3. The van der Waals surface area contributed by atoms with Gasteiger partial charge in [0.05, 0.1) is 17.2 Å². The van der Waals surface area contributed by atoms with E-state index in [0.717, 1.165) is 0 Å². The summed E-state index contributed by atoms with van der Waals surface area (Å²) in [6, 6.07) is 18.5. The number of carbonyl (C=O) groups excluding carboxylic acids is 2. The van der Waals surface area contributed by atoms with Gasteiger partial charge in [-0.25, -0.2) is 19.4 Å². The number of benzene rings is 2. The topological polar surface area (TPSA) is 114 Å². The summed E-state index contributed by atoms with van der Waals surface area (Å²) in [6.45, 7) is 1.71. The molecule has 7 heteroatoms. The predicted octanol–water partition coefficient (Wildman–Crippen LogP) is 3.63. The normalized spacial score (nSPS) is 10.4. The molecule has 140 valence electrons. The third-order valence-electron chi connectivity index (χ3n) is 3.22. The molecule has 0 amide bonds. The van der Waals surface area contributed by atoms with E-state index in [4.69, 9.17) is 10.4 Å². The fraction of sp³-hybridized carbons (Fsp3) is 0.200. The number of hydrogen-bond acceptors (Lipinski definition) is 6. The fourth-order valence-corrected chi connectivity index (χ4v) is 1.72. The van der Waals surface area contributed by atoms with Crippen LogP contribution < -0.4 is 0 Å². The molecular weight excluding hydrogens is 350 g/mol. The average Bonchev–Trinajstić information content (AvgIpc) is 2.71. The lowest BCUT2D eigenvalue weighted by Gasteiger charge is -2.02. The van der Waals surface area contributed by atoms with Crippen LogP contribution in [0.5, 0.6) is 0 Å². The van der Waals surface area contributed by atoms with E-state index in [1.807, 2.05) is 6.07 Å². The summed E-state index contributed by atoms with van der Waals surface area (Å²) in [5.74, 6) is -2.39. The highest BCUT2D eigenvalue weighted by atomic mass is 17.2. The fourth-order valence-electron chi connectivity index (χ4n) is 1.72. The number of rotatable bonds is 5. The molecule has 7 nitrogen and oxygen atoms in total. The molecule has 0 spiro atoms. The molecule has 0 fully saturated rings. The minimum atomic E-state index is -0.836. The van der Waals surface area contributed by atoms with Crippen molar-refractivity contribution < 1.29 is 29.3 Å². The van der Waals surface area contributed by atoms with Crippen molar-refractivity contribution >= 4 is 17.9 Å². The van der Waals surface area contributed by atoms with Crippen molar-refractivity contribution in [1.29, 1.82) is 5.26 Å². The van der Waals surface area contributed by atoms with Crippen LogP contribution >= 0.6 is 0 Å². The molecule has 2 rings (SSSR count). The zero-order valence-electron chi connectivity index (χ0n) is 14.7. The standard InChI is InChI=1S/C14H10O4.C6H9NO2/c15-13(11-7-3-1-4-8-11)17-18-14(16)12-9-5-2-6-10-12;1-5(4-7)2-3-6(8)9/h1-10H;5H,2-3H2,1H3,(H,8,9). The highest BCUT2D eigenvalue weighted by Gasteiger charge is 2.13. The number of aliphatic carboxylic acids is 1. The number of nitriles is 1. The Bertz CT molecular complexity index is 732. The molecule has 1 atom stereocenters. The third-order valence-corrected chi connectivity index (χ3v) is 3.22. The molecule has 0 radical (unpaired) electrons. The van der Waals surface area contributed by atoms with Crippen LogP contribution in [0.1, 0.15) is 40.5 Å². The SMILES string of the molecule is CC(C#N)CCC(=O)O.O=C(OOC(=O)c1ccccc1)c1ccccc1. The van der Waals surface area contributed by atoms with Gasteiger partial charge in [0.15, 0.2) is 0 Å². The molecular formula is C20H19NO6. The minimum Gasteiger partial charge on any atom is -0.481 e. The summed E-state index contributed by atoms with van der Waals surface area (Å²) < 4.78 is 0. The van der Waals surface area contributed by atoms with E-state index >= 15 is 0 Å². The molecule has 0 saturated heterocycles. The van der Waals surface area contributed by atoms with E-state index in [0.29, 0.717) is 17.5 Å². The third kappa shape index (κ3) is 8.84. The summed E-state index contributed by atoms with van der Waals surface area (Å²) in [5.41, 5.74) is 0.636. The minimum absolute atomic E-state index is 0.0920. The Labute approximate surface area is 156 Å². The Morgan fingerprint density at radius 3 is 1.67 bits per heavy atom. The first kappa shape index (κ1) is 21.4. The molecule has 1 N–H and O–H groups in total. The van der Waals surface area contributed by atoms with E-state index < -0.39 is 17.9 Å². The first-order valence-corrected chi connectivity index (χ1v) is 8.08. The predicted molar refractivity (Wildman–Crippen MR) is 95.4 cm³/mol. The van der Waals surface area contributed by atoms with Crippen LogP contribution in [0.4, 0.5) is 0 Å². The summed E-state index contributed by atoms with van der Waals surface area (Å²) in [7, 11) is 0. The molecule has 0 aromatic heterocycles. The van der Waals surface area contributed by atoms with Crippen LogP contribution in [-0.4, -0.2) is 23.0 Å². The Hall–Kier alpha value is -3.66. The molecule has 0 aliphatic carbocycles. The maximum absolute atomic E-state index is 11.5. The summed E-state index contributed by atoms with van der Waals surface area (Å²) in [5, 5.41) is 16.4. The van der Waals surface area contributed by atoms with Gasteiger partial charge in [-0.15, -0.1) is 0 Å². The van der Waals surface area contributed by atoms with E-state index in [-0.39, 0.29) is 12.3 Å². The van der Waals surface area contributed by atoms with Gasteiger partial charge in [0.1, 0.15) is 0 Å². The number of carboxylic acid groups (broad SMARTS) is 1. The van der Waals surface area contributed by atoms with Gasteiger partial charge in [-0.1, -0.05) is 36.4 Å². The Morgan fingerprint density at radius 1 is 0.926 bits per heavy atom. The van der Waals surface area contributed by atoms with Gasteiger partial charge in [-0.2, -0.15) is 5.26 Å². The molecule has 0 heterocycles. The van der Waals surface area contributed by atoms with Gasteiger partial charge in [-0.05, 0) is 37.6 Å². The number of hydrogen-bond donors (Lipinski definition) is 1. The second-order valence-electron chi connectivity index (χ2n) is 5.44. The van der Waals surface area contributed by atoms with Crippen LogP contribution in [0.25, 0.3) is 0 Å². The van der Waals surface area contributed by atoms with Crippen molar-refractivity contribution in [2.45, 2.75) is 19.8 Å². The van der Waals surface area contributed by atoms with Gasteiger partial charge in [0, 0.05) is 12.3 Å². The van der Waals surface area contributed by atoms with Crippen LogP contribution in [0.15, 0.2) is 60.7 Å². The van der Waals surface area contributed by atoms with Crippen molar-refractivity contribution in [2.24, 2.45) is 5.92 Å². The highest BCUT2D eigenvalue weighted by Crippen LogP contribution is 2.05. The molecule has 2 aromatic carbocycles. The van der Waals surface area contributed by atoms with Crippen molar-refractivity contribution in [2.75, 3.05) is 0 Å². The van der Waals surface area contributed by atoms with Gasteiger partial charge in [0.2, 0.25) is 0 Å². The molecule has 0 saturated carbocycles. The Morgan fingerprint density at radius 2 is 1.33 bits per heavy atom. The monoisotopic (exact) mass is 369 g/mol. The summed E-state index contributed by atoms with van der Waals surface area (Å²) >= 11 is 0. The number of nitrogens with zero attached hydrogens (tertiary/aromatic N) is 1. The largest absolute Gasteiger partial charge is 0.481 e. The van der Waals surface area contributed by atoms with Crippen LogP contribution in [0.3, 0.4) is 0 Å². The molecule has 0 bridgehead atoms. The van der Waals surface area contributed by atoms with Crippen LogP contribution in [0, 0.1) is 17.2 Å². The molecule has 0 aliphatic heterocycles. The maximum atomic E-state index is 11.5. The molecule has 1 unspecified atom stereocenters. The van der Waals surface area contributed by atoms with E-state index in [2.05, 4.69) is 9.78 Å². The van der Waals surface area contributed by atoms with Gasteiger partial charge in [-0.3, -0.25) is 4.79 Å². The zero-order valence-corrected chi connectivity index (χ0v) is 14.7. The number of carboxylic acids is 1. The first-order chi connectivity index (χ1) is 12.9. The molecule has 2 aromatic rings. The van der Waals surface area contributed by atoms with E-state index in [9.17, 15) is 14.4 Å². The maximum Gasteiger partial charge on any atom is 0.386 e. The Kier molecular flexibility index (Phi) is 9.36. The lowest BCUT2D eigenvalue weighted by molar-refractivity contribution is -0.187.